The van der Waals surface area contributed by atoms with Crippen LogP contribution < -0.4 is 0 Å². The lowest BCUT2D eigenvalue weighted by Crippen LogP contribution is -2.14. The number of nitrogens with one attached hydrogen (secondary N) is 1. The number of hydrogen-bond donors (Lipinski definition) is 1. The average Bonchev–Trinajstić information content (AvgIpc) is 1.64. The van der Waals surface area contributed by atoms with E-state index in [4.69, 9.17) is 5.41 Å². The maximum Gasteiger partial charge on any atom is 0.0460 e. The zero-order chi connectivity index (χ0) is 6.73. The Morgan fingerprint density at radius 2 is 1.75 bits per heavy atom. The number of rotatable bonds is 2. The Hall–Kier alpha value is 0.400. The van der Waals surface area contributed by atoms with Crippen LogP contribution in [0.25, 0.3) is 0 Å². The molecule has 0 spiro atoms. The third-order valence-corrected chi connectivity index (χ3v) is 1.72. The minimum atomic E-state index is 0.396. The van der Waals surface area contributed by atoms with Crippen molar-refractivity contribution in [1.29, 1.82) is 5.41 Å². The molecular weight excluding hydrogens is 213 g/mol. The van der Waals surface area contributed by atoms with Gasteiger partial charge in [-0.25, -0.2) is 0 Å². The van der Waals surface area contributed by atoms with Crippen LogP contribution >= 0.6 is 22.6 Å². The summed E-state index contributed by atoms with van der Waals surface area (Å²) in [6.07, 6.45) is 0. The van der Waals surface area contributed by atoms with Crippen molar-refractivity contribution in [2.45, 2.75) is 24.7 Å². The Bertz CT molecular complexity index is 76.5. The monoisotopic (exact) mass is 225 g/mol. The van der Waals surface area contributed by atoms with Gasteiger partial charge >= 0.3 is 0 Å². The van der Waals surface area contributed by atoms with Crippen molar-refractivity contribution in [2.24, 2.45) is 5.92 Å². The van der Waals surface area contributed by atoms with E-state index in [1.807, 2.05) is 6.92 Å². The van der Waals surface area contributed by atoms with E-state index in [1.165, 1.54) is 0 Å². The fourth-order valence-corrected chi connectivity index (χ4v) is 1.18. The van der Waals surface area contributed by atoms with E-state index in [0.29, 0.717) is 9.84 Å². The summed E-state index contributed by atoms with van der Waals surface area (Å²) in [4.78, 5) is 0. The minimum Gasteiger partial charge on any atom is -0.308 e. The maximum absolute atomic E-state index is 7.39. The van der Waals surface area contributed by atoms with Crippen LogP contribution in [0.4, 0.5) is 0 Å². The molecule has 0 heterocycles. The largest absolute Gasteiger partial charge is 0.308 e. The molecule has 0 aliphatic heterocycles. The third-order valence-electron chi connectivity index (χ3n) is 1.05. The van der Waals surface area contributed by atoms with Crippen LogP contribution in [-0.4, -0.2) is 9.64 Å². The van der Waals surface area contributed by atoms with Gasteiger partial charge in [0.05, 0.1) is 0 Å². The summed E-state index contributed by atoms with van der Waals surface area (Å²) in [5.74, 6) is 0.418. The Balaban J connectivity index is 3.65. The first-order chi connectivity index (χ1) is 3.55. The zero-order valence-electron chi connectivity index (χ0n) is 5.53. The molecule has 8 heavy (non-hydrogen) atoms. The highest BCUT2D eigenvalue weighted by atomic mass is 127. The lowest BCUT2D eigenvalue weighted by atomic mass is 10.1. The summed E-state index contributed by atoms with van der Waals surface area (Å²) >= 11 is 2.26. The number of halogens is 1. The number of alkyl halides is 1. The van der Waals surface area contributed by atoms with Crippen LogP contribution in [0.5, 0.6) is 0 Å². The lowest BCUT2D eigenvalue weighted by molar-refractivity contribution is 0.857. The van der Waals surface area contributed by atoms with E-state index in [-0.39, 0.29) is 0 Å². The zero-order valence-corrected chi connectivity index (χ0v) is 7.69. The van der Waals surface area contributed by atoms with E-state index < -0.39 is 0 Å². The summed E-state index contributed by atoms with van der Waals surface area (Å²) in [7, 11) is 0. The molecule has 0 amide bonds. The minimum absolute atomic E-state index is 0.396. The lowest BCUT2D eigenvalue weighted by Gasteiger charge is -2.07. The highest BCUT2D eigenvalue weighted by molar-refractivity contribution is 14.1. The Morgan fingerprint density at radius 3 is 1.75 bits per heavy atom. The molecule has 0 aromatic carbocycles. The molecule has 0 fully saturated rings. The second-order valence-corrected chi connectivity index (χ2v) is 4.09. The van der Waals surface area contributed by atoms with Crippen molar-refractivity contribution in [3.05, 3.63) is 0 Å². The van der Waals surface area contributed by atoms with E-state index >= 15 is 0 Å². The standard InChI is InChI=1S/C6H12IN/c1-4(2)6(8)5(3)7/h4-5,8H,1-3H3. The predicted molar refractivity (Wildman–Crippen MR) is 46.0 cm³/mol. The Labute approximate surface area is 64.5 Å². The molecule has 0 bridgehead atoms. The van der Waals surface area contributed by atoms with Gasteiger partial charge in [0.25, 0.3) is 0 Å². The van der Waals surface area contributed by atoms with Gasteiger partial charge in [-0.15, -0.1) is 0 Å². The van der Waals surface area contributed by atoms with Crippen LogP contribution in [0.3, 0.4) is 0 Å². The highest BCUT2D eigenvalue weighted by Crippen LogP contribution is 2.07. The van der Waals surface area contributed by atoms with Crippen LogP contribution in [-0.2, 0) is 0 Å². The van der Waals surface area contributed by atoms with Gasteiger partial charge in [0.15, 0.2) is 0 Å². The van der Waals surface area contributed by atoms with Gasteiger partial charge in [-0.2, -0.15) is 0 Å². The maximum atomic E-state index is 7.39. The van der Waals surface area contributed by atoms with Gasteiger partial charge in [-0.05, 0) is 12.8 Å². The second kappa shape index (κ2) is 3.43. The van der Waals surface area contributed by atoms with Crippen molar-refractivity contribution >= 4 is 28.3 Å². The fourth-order valence-electron chi connectivity index (χ4n) is 0.459. The van der Waals surface area contributed by atoms with Gasteiger partial charge in [0, 0.05) is 9.64 Å². The van der Waals surface area contributed by atoms with Crippen LogP contribution in [0.15, 0.2) is 0 Å². The summed E-state index contributed by atoms with van der Waals surface area (Å²) in [6.45, 7) is 6.15. The first-order valence-corrected chi connectivity index (χ1v) is 4.02. The molecule has 0 radical (unpaired) electrons. The molecule has 0 rings (SSSR count). The van der Waals surface area contributed by atoms with Crippen molar-refractivity contribution < 1.29 is 0 Å². The predicted octanol–water partition coefficient (Wildman–Crippen LogP) is 2.49. The molecule has 0 aliphatic carbocycles. The molecule has 0 saturated heterocycles. The summed E-state index contributed by atoms with van der Waals surface area (Å²) < 4.78 is 0.396. The smallest absolute Gasteiger partial charge is 0.0460 e. The molecule has 0 aromatic rings. The molecule has 1 nitrogen and oxygen atoms in total. The van der Waals surface area contributed by atoms with Gasteiger partial charge in [-0.3, -0.25) is 0 Å². The summed E-state index contributed by atoms with van der Waals surface area (Å²) in [5, 5.41) is 7.39. The molecule has 0 saturated carbocycles. The SMILES string of the molecule is CC(C)C(=N)C(C)I. The summed E-state index contributed by atoms with van der Waals surface area (Å²) in [5.41, 5.74) is 0.839. The van der Waals surface area contributed by atoms with Gasteiger partial charge in [0.1, 0.15) is 0 Å². The van der Waals surface area contributed by atoms with E-state index in [9.17, 15) is 0 Å². The van der Waals surface area contributed by atoms with Crippen LogP contribution in [0.2, 0.25) is 0 Å². The molecule has 48 valence electrons. The normalized spacial score (nSPS) is 14.1. The van der Waals surface area contributed by atoms with E-state index in [2.05, 4.69) is 36.4 Å². The van der Waals surface area contributed by atoms with Crippen molar-refractivity contribution in [3.63, 3.8) is 0 Å². The van der Waals surface area contributed by atoms with Crippen LogP contribution in [0.1, 0.15) is 20.8 Å². The molecule has 2 heteroatoms. The third kappa shape index (κ3) is 2.64. The van der Waals surface area contributed by atoms with Crippen molar-refractivity contribution in [3.8, 4) is 0 Å². The quantitative estimate of drug-likeness (QED) is 0.424. The first-order valence-electron chi connectivity index (χ1n) is 2.78. The molecule has 1 atom stereocenters. The van der Waals surface area contributed by atoms with Gasteiger partial charge in [0.2, 0.25) is 0 Å². The van der Waals surface area contributed by atoms with Crippen molar-refractivity contribution in [1.82, 2.24) is 0 Å². The first kappa shape index (κ1) is 8.40. The topological polar surface area (TPSA) is 23.9 Å². The van der Waals surface area contributed by atoms with Gasteiger partial charge in [-0.1, -0.05) is 36.4 Å². The molecule has 0 aromatic heterocycles. The van der Waals surface area contributed by atoms with Crippen LogP contribution in [0, 0.1) is 11.3 Å². The molecule has 1 unspecified atom stereocenters. The van der Waals surface area contributed by atoms with E-state index in [0.717, 1.165) is 5.71 Å². The Kier molecular flexibility index (Phi) is 3.60. The van der Waals surface area contributed by atoms with E-state index in [1.54, 1.807) is 0 Å². The highest BCUT2D eigenvalue weighted by Gasteiger charge is 2.06. The average molecular weight is 225 g/mol. The molecular formula is C6H12IN. The Morgan fingerprint density at radius 1 is 1.38 bits per heavy atom. The van der Waals surface area contributed by atoms with Crippen molar-refractivity contribution in [2.75, 3.05) is 0 Å². The molecule has 1 N–H and O–H groups in total. The number of hydrogen-bond acceptors (Lipinski definition) is 1. The van der Waals surface area contributed by atoms with Gasteiger partial charge < -0.3 is 5.41 Å². The molecule has 0 aliphatic rings. The summed E-state index contributed by atoms with van der Waals surface area (Å²) in [6, 6.07) is 0. The fraction of sp³-hybridized carbons (Fsp3) is 0.833. The second-order valence-electron chi connectivity index (χ2n) is 2.23.